The summed E-state index contributed by atoms with van der Waals surface area (Å²) in [6, 6.07) is 21.8. The quantitative estimate of drug-likeness (QED) is 0.242. The number of carbonyl (C=O) groups is 2. The van der Waals surface area contributed by atoms with Gasteiger partial charge in [-0.25, -0.2) is 14.6 Å². The summed E-state index contributed by atoms with van der Waals surface area (Å²) in [5, 5.41) is 2.71. The smallest absolute Gasteiger partial charge is 0.417 e. The van der Waals surface area contributed by atoms with Crippen molar-refractivity contribution in [2.24, 2.45) is 0 Å². The number of aromatic nitrogens is 2. The van der Waals surface area contributed by atoms with E-state index in [9.17, 15) is 9.59 Å². The van der Waals surface area contributed by atoms with Crippen molar-refractivity contribution in [1.29, 1.82) is 0 Å². The third-order valence-corrected chi connectivity index (χ3v) is 5.00. The third kappa shape index (κ3) is 7.55. The van der Waals surface area contributed by atoms with Gasteiger partial charge in [0.1, 0.15) is 36.6 Å². The van der Waals surface area contributed by atoms with Crippen LogP contribution in [0.3, 0.4) is 0 Å². The molecule has 0 atom stereocenters. The molecule has 0 saturated heterocycles. The zero-order chi connectivity index (χ0) is 26.3. The minimum Gasteiger partial charge on any atom is -0.491 e. The number of anilines is 1. The summed E-state index contributed by atoms with van der Waals surface area (Å²) in [7, 11) is 0. The monoisotopic (exact) mass is 503 g/mol. The fraction of sp³-hybridized carbons (Fsp3) is 0.250. The van der Waals surface area contributed by atoms with Crippen LogP contribution in [0, 0.1) is 0 Å². The number of para-hydroxylation sites is 1. The predicted molar refractivity (Wildman–Crippen MR) is 139 cm³/mol. The van der Waals surface area contributed by atoms with Crippen LogP contribution in [-0.4, -0.2) is 47.0 Å². The Kier molecular flexibility index (Phi) is 8.05. The molecule has 0 aliphatic rings. The molecule has 9 heteroatoms. The number of nitrogens with one attached hydrogen (secondary N) is 1. The van der Waals surface area contributed by atoms with Crippen LogP contribution >= 0.6 is 0 Å². The van der Waals surface area contributed by atoms with E-state index in [-0.39, 0.29) is 19.8 Å². The lowest BCUT2D eigenvalue weighted by molar-refractivity contribution is -0.160. The average molecular weight is 504 g/mol. The van der Waals surface area contributed by atoms with E-state index in [0.29, 0.717) is 17.2 Å². The Morgan fingerprint density at radius 2 is 1.68 bits per heavy atom. The Labute approximate surface area is 214 Å². The van der Waals surface area contributed by atoms with Crippen molar-refractivity contribution < 1.29 is 28.5 Å². The van der Waals surface area contributed by atoms with Gasteiger partial charge in [0, 0.05) is 17.4 Å². The van der Waals surface area contributed by atoms with Gasteiger partial charge in [-0.15, -0.1) is 0 Å². The van der Waals surface area contributed by atoms with E-state index in [1.165, 1.54) is 0 Å². The van der Waals surface area contributed by atoms with Crippen molar-refractivity contribution in [2.45, 2.75) is 26.4 Å². The van der Waals surface area contributed by atoms with E-state index in [4.69, 9.17) is 18.9 Å². The Morgan fingerprint density at radius 1 is 0.919 bits per heavy atom. The molecule has 192 valence electrons. The highest BCUT2D eigenvalue weighted by molar-refractivity contribution is 5.86. The number of imidazole rings is 1. The zero-order valence-electron chi connectivity index (χ0n) is 21.0. The molecule has 37 heavy (non-hydrogen) atoms. The first-order valence-corrected chi connectivity index (χ1v) is 11.8. The lowest BCUT2D eigenvalue weighted by Gasteiger charge is -2.19. The predicted octanol–water partition coefficient (Wildman–Crippen LogP) is 5.37. The van der Waals surface area contributed by atoms with Gasteiger partial charge in [0.05, 0.1) is 17.6 Å². The summed E-state index contributed by atoms with van der Waals surface area (Å²) in [5.74, 6) is 0.712. The van der Waals surface area contributed by atoms with Crippen LogP contribution < -0.4 is 14.8 Å². The molecule has 0 radical (unpaired) electrons. The molecular formula is C28H29N3O6. The molecule has 0 fully saturated rings. The molecule has 4 rings (SSSR count). The summed E-state index contributed by atoms with van der Waals surface area (Å²) in [6.45, 7) is 5.85. The Bertz CT molecular complexity index is 1340. The van der Waals surface area contributed by atoms with Crippen molar-refractivity contribution in [3.05, 3.63) is 79.1 Å². The number of ether oxygens (including phenoxy) is 4. The maximum Gasteiger partial charge on any atom is 0.417 e. The molecule has 1 N–H and O–H groups in total. The summed E-state index contributed by atoms with van der Waals surface area (Å²) in [5.41, 5.74) is 2.62. The van der Waals surface area contributed by atoms with Crippen LogP contribution in [0.2, 0.25) is 0 Å². The van der Waals surface area contributed by atoms with Gasteiger partial charge in [0.25, 0.3) is 0 Å². The molecule has 4 aromatic rings. The van der Waals surface area contributed by atoms with E-state index in [1.54, 1.807) is 42.7 Å². The Balaban J connectivity index is 1.29. The van der Waals surface area contributed by atoms with E-state index in [2.05, 4.69) is 10.3 Å². The number of hydrogen-bond donors (Lipinski definition) is 1. The number of fused-ring (bicyclic) bond motifs is 1. The van der Waals surface area contributed by atoms with E-state index in [1.807, 2.05) is 61.7 Å². The largest absolute Gasteiger partial charge is 0.491 e. The van der Waals surface area contributed by atoms with Crippen LogP contribution in [0.1, 0.15) is 20.8 Å². The average Bonchev–Trinajstić information content (AvgIpc) is 3.27. The third-order valence-electron chi connectivity index (χ3n) is 5.00. The number of carbonyl (C=O) groups excluding carboxylic acids is 2. The van der Waals surface area contributed by atoms with E-state index in [0.717, 1.165) is 16.7 Å². The van der Waals surface area contributed by atoms with Crippen LogP contribution in [0.15, 0.2) is 79.1 Å². The lowest BCUT2D eigenvalue weighted by atomic mass is 10.2. The summed E-state index contributed by atoms with van der Waals surface area (Å²) in [4.78, 5) is 28.2. The summed E-state index contributed by atoms with van der Waals surface area (Å²) < 4.78 is 23.4. The van der Waals surface area contributed by atoms with Gasteiger partial charge in [0.15, 0.2) is 0 Å². The normalized spacial score (nSPS) is 11.2. The standard InChI is InChI=1S/C28H29N3O6/c1-28(2,3)37-26(32)18-34-15-16-35-23-13-14-25-24(17-23)29-19-31(25)21-11-9-20(10-12-21)30-27(33)36-22-7-5-4-6-8-22/h4-14,17,19H,15-16,18H2,1-3H3,(H,30,33). The van der Waals surface area contributed by atoms with Gasteiger partial charge in [0.2, 0.25) is 0 Å². The molecule has 3 aromatic carbocycles. The van der Waals surface area contributed by atoms with Gasteiger partial charge in [-0.3, -0.25) is 9.88 Å². The maximum absolute atomic E-state index is 12.1. The van der Waals surface area contributed by atoms with Crippen molar-refractivity contribution in [1.82, 2.24) is 9.55 Å². The molecule has 0 aliphatic carbocycles. The van der Waals surface area contributed by atoms with Gasteiger partial charge in [-0.1, -0.05) is 18.2 Å². The first kappa shape index (κ1) is 25.7. The summed E-state index contributed by atoms with van der Waals surface area (Å²) in [6.07, 6.45) is 1.17. The highest BCUT2D eigenvalue weighted by Crippen LogP contribution is 2.24. The molecule has 0 saturated carbocycles. The van der Waals surface area contributed by atoms with Gasteiger partial charge in [-0.2, -0.15) is 0 Å². The summed E-state index contributed by atoms with van der Waals surface area (Å²) >= 11 is 0. The molecule has 9 nitrogen and oxygen atoms in total. The van der Waals surface area contributed by atoms with Crippen molar-refractivity contribution >= 4 is 28.8 Å². The highest BCUT2D eigenvalue weighted by atomic mass is 16.6. The first-order chi connectivity index (χ1) is 17.8. The number of benzene rings is 3. The molecule has 0 aliphatic heterocycles. The minimum atomic E-state index is -0.560. The molecule has 0 spiro atoms. The van der Waals surface area contributed by atoms with E-state index >= 15 is 0 Å². The fourth-order valence-corrected chi connectivity index (χ4v) is 3.48. The topological polar surface area (TPSA) is 101 Å². The minimum absolute atomic E-state index is 0.118. The molecular weight excluding hydrogens is 474 g/mol. The second-order valence-electron chi connectivity index (χ2n) is 9.13. The van der Waals surface area contributed by atoms with Crippen molar-refractivity contribution in [2.75, 3.05) is 25.1 Å². The van der Waals surface area contributed by atoms with Crippen molar-refractivity contribution in [3.63, 3.8) is 0 Å². The van der Waals surface area contributed by atoms with Crippen molar-refractivity contribution in [3.8, 4) is 17.2 Å². The SMILES string of the molecule is CC(C)(C)OC(=O)COCCOc1ccc2c(c1)ncn2-c1ccc(NC(=O)Oc2ccccc2)cc1. The maximum atomic E-state index is 12.1. The van der Waals surface area contributed by atoms with Gasteiger partial charge in [-0.05, 0) is 69.3 Å². The Hall–Kier alpha value is -4.37. The van der Waals surface area contributed by atoms with Crippen LogP contribution in [0.4, 0.5) is 10.5 Å². The highest BCUT2D eigenvalue weighted by Gasteiger charge is 2.16. The second kappa shape index (κ2) is 11.6. The van der Waals surface area contributed by atoms with Gasteiger partial charge < -0.3 is 18.9 Å². The molecule has 1 heterocycles. The number of nitrogens with zero attached hydrogens (tertiary/aromatic N) is 2. The molecule has 1 amide bonds. The molecule has 0 bridgehead atoms. The molecule has 0 unspecified atom stereocenters. The van der Waals surface area contributed by atoms with E-state index < -0.39 is 17.7 Å². The number of esters is 1. The first-order valence-electron chi connectivity index (χ1n) is 11.8. The second-order valence-corrected chi connectivity index (χ2v) is 9.13. The number of hydrogen-bond acceptors (Lipinski definition) is 7. The lowest BCUT2D eigenvalue weighted by Crippen LogP contribution is -2.27. The van der Waals surface area contributed by atoms with Crippen LogP contribution in [0.25, 0.3) is 16.7 Å². The Morgan fingerprint density at radius 3 is 2.41 bits per heavy atom. The number of rotatable bonds is 9. The zero-order valence-corrected chi connectivity index (χ0v) is 21.0. The number of amides is 1. The van der Waals surface area contributed by atoms with Crippen LogP contribution in [-0.2, 0) is 14.3 Å². The van der Waals surface area contributed by atoms with Gasteiger partial charge >= 0.3 is 12.1 Å². The van der Waals surface area contributed by atoms with Crippen LogP contribution in [0.5, 0.6) is 11.5 Å². The molecule has 1 aromatic heterocycles. The fourth-order valence-electron chi connectivity index (χ4n) is 3.48.